The van der Waals surface area contributed by atoms with E-state index in [1.807, 2.05) is 65.6 Å². The van der Waals surface area contributed by atoms with Gasteiger partial charge in [-0.1, -0.05) is 66.2 Å². The van der Waals surface area contributed by atoms with E-state index in [1.54, 1.807) is 0 Å². The van der Waals surface area contributed by atoms with Crippen molar-refractivity contribution in [2.24, 2.45) is 0 Å². The molecule has 0 aromatic heterocycles. The molecule has 2 amide bonds. The molecule has 3 aromatic rings. The van der Waals surface area contributed by atoms with E-state index in [4.69, 9.17) is 11.6 Å². The molecule has 8 nitrogen and oxygen atoms in total. The molecular formula is C33H37ClN4O4S. The van der Waals surface area contributed by atoms with Gasteiger partial charge in [-0.3, -0.25) is 13.9 Å². The standard InChI is InChI=1S/C33H37ClN4O4S/c1-43(41,42)38-22-33(28-8-4-5-9-30(28)38)14-16-37(17-15-33)31(39)20-27(18-23-10-12-26(34)13-11-23)36-32(40)29-19-24-6-2-3-7-25(24)21-35-29/h2-13,27,29,35H,14-22H2,1H3,(H,36,40)/t27-,29+/m0/s1. The molecule has 0 radical (unpaired) electrons. The molecule has 3 heterocycles. The average Bonchev–Trinajstić information content (AvgIpc) is 3.32. The molecule has 1 spiro atoms. The summed E-state index contributed by atoms with van der Waals surface area (Å²) in [6.45, 7) is 2.10. The average molecular weight is 621 g/mol. The number of carbonyl (C=O) groups is 2. The number of likely N-dealkylation sites (tertiary alicyclic amines) is 1. The SMILES string of the molecule is CS(=O)(=O)N1CC2(CCN(C(=O)C[C@H](Cc3ccc(Cl)cc3)NC(=O)[C@H]3Cc4ccccc4CN3)CC2)c2ccccc21. The molecule has 0 bridgehead atoms. The van der Waals surface area contributed by atoms with Crippen LogP contribution >= 0.6 is 11.6 Å². The van der Waals surface area contributed by atoms with E-state index >= 15 is 0 Å². The second kappa shape index (κ2) is 11.9. The number of halogens is 1. The highest BCUT2D eigenvalue weighted by Gasteiger charge is 2.47. The maximum Gasteiger partial charge on any atom is 0.237 e. The molecular weight excluding hydrogens is 584 g/mol. The van der Waals surface area contributed by atoms with Gasteiger partial charge in [-0.25, -0.2) is 8.42 Å². The highest BCUT2D eigenvalue weighted by Crippen LogP contribution is 2.47. The number of benzene rings is 3. The van der Waals surface area contributed by atoms with E-state index in [0.29, 0.717) is 56.9 Å². The van der Waals surface area contributed by atoms with E-state index in [9.17, 15) is 18.0 Å². The van der Waals surface area contributed by atoms with E-state index in [-0.39, 0.29) is 35.7 Å². The van der Waals surface area contributed by atoms with E-state index in [1.165, 1.54) is 16.1 Å². The molecule has 0 unspecified atom stereocenters. The first kappa shape index (κ1) is 29.7. The number of rotatable bonds is 7. The lowest BCUT2D eigenvalue weighted by Crippen LogP contribution is -2.52. The van der Waals surface area contributed by atoms with Gasteiger partial charge >= 0.3 is 0 Å². The summed E-state index contributed by atoms with van der Waals surface area (Å²) in [5.74, 6) is -0.121. The van der Waals surface area contributed by atoms with Crippen LogP contribution in [-0.2, 0) is 44.4 Å². The first-order valence-corrected chi connectivity index (χ1v) is 17.0. The van der Waals surface area contributed by atoms with Crippen LogP contribution < -0.4 is 14.9 Å². The van der Waals surface area contributed by atoms with Crippen LogP contribution in [0.3, 0.4) is 0 Å². The number of anilines is 1. The minimum Gasteiger partial charge on any atom is -0.351 e. The Kier molecular flexibility index (Phi) is 8.24. The van der Waals surface area contributed by atoms with Gasteiger partial charge in [0.2, 0.25) is 21.8 Å². The quantitative estimate of drug-likeness (QED) is 0.419. The van der Waals surface area contributed by atoms with Crippen molar-refractivity contribution in [2.75, 3.05) is 30.2 Å². The maximum absolute atomic E-state index is 13.7. The molecule has 3 aromatic carbocycles. The van der Waals surface area contributed by atoms with Crippen molar-refractivity contribution in [3.63, 3.8) is 0 Å². The summed E-state index contributed by atoms with van der Waals surface area (Å²) < 4.78 is 26.6. The maximum atomic E-state index is 13.7. The molecule has 43 heavy (non-hydrogen) atoms. The zero-order valence-electron chi connectivity index (χ0n) is 24.3. The molecule has 1 saturated heterocycles. The Labute approximate surface area is 258 Å². The molecule has 2 N–H and O–H groups in total. The topological polar surface area (TPSA) is 98.8 Å². The monoisotopic (exact) mass is 620 g/mol. The minimum absolute atomic E-state index is 0.0117. The molecule has 226 valence electrons. The Hall–Kier alpha value is -3.40. The summed E-state index contributed by atoms with van der Waals surface area (Å²) in [5, 5.41) is 7.16. The first-order chi connectivity index (χ1) is 20.6. The number of piperidine rings is 1. The number of hydrogen-bond acceptors (Lipinski definition) is 5. The molecule has 6 rings (SSSR count). The van der Waals surface area contributed by atoms with Gasteiger partial charge in [0.05, 0.1) is 18.0 Å². The molecule has 3 aliphatic rings. The van der Waals surface area contributed by atoms with Gasteiger partial charge in [0.25, 0.3) is 0 Å². The molecule has 10 heteroatoms. The zero-order valence-corrected chi connectivity index (χ0v) is 25.8. The fourth-order valence-electron chi connectivity index (χ4n) is 6.85. The highest BCUT2D eigenvalue weighted by molar-refractivity contribution is 7.92. The normalized spacial score (nSPS) is 19.9. The number of sulfonamides is 1. The number of amides is 2. The van der Waals surface area contributed by atoms with Crippen LogP contribution in [0.15, 0.2) is 72.8 Å². The van der Waals surface area contributed by atoms with Crippen LogP contribution in [0.25, 0.3) is 0 Å². The lowest BCUT2D eigenvalue weighted by molar-refractivity contribution is -0.133. The third kappa shape index (κ3) is 6.30. The van der Waals surface area contributed by atoms with E-state index < -0.39 is 10.0 Å². The van der Waals surface area contributed by atoms with Crippen molar-refractivity contribution in [3.8, 4) is 0 Å². The molecule has 0 saturated carbocycles. The number of hydrogen-bond donors (Lipinski definition) is 2. The molecule has 3 aliphatic heterocycles. The van der Waals surface area contributed by atoms with Crippen molar-refractivity contribution in [1.82, 2.24) is 15.5 Å². The summed E-state index contributed by atoms with van der Waals surface area (Å²) in [5.41, 5.74) is 4.83. The summed E-state index contributed by atoms with van der Waals surface area (Å²) in [4.78, 5) is 29.0. The van der Waals surface area contributed by atoms with Crippen LogP contribution in [0.2, 0.25) is 5.02 Å². The number of nitrogens with zero attached hydrogens (tertiary/aromatic N) is 2. The number of nitrogens with one attached hydrogen (secondary N) is 2. The smallest absolute Gasteiger partial charge is 0.237 e. The zero-order chi connectivity index (χ0) is 30.2. The lowest BCUT2D eigenvalue weighted by atomic mass is 9.74. The van der Waals surface area contributed by atoms with E-state index in [0.717, 1.165) is 22.4 Å². The van der Waals surface area contributed by atoms with Gasteiger partial charge in [0, 0.05) is 49.1 Å². The summed E-state index contributed by atoms with van der Waals surface area (Å²) >= 11 is 6.10. The summed E-state index contributed by atoms with van der Waals surface area (Å²) in [6.07, 6.45) is 3.90. The fourth-order valence-corrected chi connectivity index (χ4v) is 7.98. The fraction of sp³-hybridized carbons (Fsp3) is 0.394. The Morgan fingerprint density at radius 1 is 1.00 bits per heavy atom. The van der Waals surface area contributed by atoms with Crippen LogP contribution in [-0.4, -0.2) is 63.1 Å². The first-order valence-electron chi connectivity index (χ1n) is 14.8. The number of carbonyl (C=O) groups excluding carboxylic acids is 2. The number of fused-ring (bicyclic) bond motifs is 3. The van der Waals surface area contributed by atoms with Gasteiger partial charge in [0.1, 0.15) is 0 Å². The van der Waals surface area contributed by atoms with Crippen molar-refractivity contribution >= 4 is 39.1 Å². The second-order valence-electron chi connectivity index (χ2n) is 12.1. The van der Waals surface area contributed by atoms with Crippen LogP contribution in [0.1, 0.15) is 41.5 Å². The Balaban J connectivity index is 1.14. The third-order valence-electron chi connectivity index (χ3n) is 9.22. The van der Waals surface area contributed by atoms with Crippen molar-refractivity contribution < 1.29 is 18.0 Å². The second-order valence-corrected chi connectivity index (χ2v) is 14.4. The van der Waals surface area contributed by atoms with Crippen LogP contribution in [0.4, 0.5) is 5.69 Å². The van der Waals surface area contributed by atoms with Crippen LogP contribution in [0, 0.1) is 0 Å². The minimum atomic E-state index is -3.41. The predicted molar refractivity (Wildman–Crippen MR) is 169 cm³/mol. The molecule has 1 fully saturated rings. The third-order valence-corrected chi connectivity index (χ3v) is 10.6. The Morgan fingerprint density at radius 3 is 2.40 bits per heavy atom. The Bertz CT molecular complexity index is 1620. The van der Waals surface area contributed by atoms with E-state index in [2.05, 4.69) is 22.8 Å². The predicted octanol–water partition coefficient (Wildman–Crippen LogP) is 3.81. The Morgan fingerprint density at radius 2 is 1.67 bits per heavy atom. The summed E-state index contributed by atoms with van der Waals surface area (Å²) in [6, 6.07) is 22.6. The summed E-state index contributed by atoms with van der Waals surface area (Å²) in [7, 11) is -3.41. The largest absolute Gasteiger partial charge is 0.351 e. The van der Waals surface area contributed by atoms with Gasteiger partial charge in [0.15, 0.2) is 0 Å². The number of para-hydroxylation sites is 1. The van der Waals surface area contributed by atoms with Crippen molar-refractivity contribution in [2.45, 2.75) is 56.1 Å². The van der Waals surface area contributed by atoms with Gasteiger partial charge in [-0.05, 0) is 66.1 Å². The van der Waals surface area contributed by atoms with Gasteiger partial charge in [-0.2, -0.15) is 0 Å². The lowest BCUT2D eigenvalue weighted by Gasteiger charge is -2.40. The van der Waals surface area contributed by atoms with Gasteiger partial charge in [-0.15, -0.1) is 0 Å². The highest BCUT2D eigenvalue weighted by atomic mass is 35.5. The van der Waals surface area contributed by atoms with Crippen LogP contribution in [0.5, 0.6) is 0 Å². The molecule has 0 aliphatic carbocycles. The van der Waals surface area contributed by atoms with Gasteiger partial charge < -0.3 is 15.5 Å². The molecule has 2 atom stereocenters. The van der Waals surface area contributed by atoms with Crippen molar-refractivity contribution in [3.05, 3.63) is 100 Å². The van der Waals surface area contributed by atoms with Crippen molar-refractivity contribution in [1.29, 1.82) is 0 Å².